The van der Waals surface area contributed by atoms with Gasteiger partial charge in [0.2, 0.25) is 5.88 Å². The van der Waals surface area contributed by atoms with Crippen molar-refractivity contribution in [2.75, 3.05) is 12.3 Å². The van der Waals surface area contributed by atoms with Gasteiger partial charge in [-0.15, -0.1) is 0 Å². The molecule has 4 rings (SSSR count). The number of nitrogens with one attached hydrogen (secondary N) is 1. The van der Waals surface area contributed by atoms with E-state index in [2.05, 4.69) is 15.4 Å². The lowest BCUT2D eigenvalue weighted by Gasteiger charge is -2.25. The standard InChI is InChI=1S/C20H24N6O4/c1-20(2,10-27)9-25-14-8-13(12-4-3-7-22-16(12)21)24-26(14)19(30)15(18(25)29)17(28)23-11-5-6-11/h3-4,7-8,11,27,29H,5-6,9-10H2,1-2H3,(H2,21,22)(H,23,28). The first-order chi connectivity index (χ1) is 14.2. The molecule has 0 unspecified atom stereocenters. The number of aliphatic hydroxyl groups excluding tert-OH is 1. The molecule has 3 aromatic rings. The predicted molar refractivity (Wildman–Crippen MR) is 110 cm³/mol. The fourth-order valence-electron chi connectivity index (χ4n) is 3.24. The smallest absolute Gasteiger partial charge is 0.291 e. The molecule has 0 radical (unpaired) electrons. The number of pyridine rings is 1. The highest BCUT2D eigenvalue weighted by Gasteiger charge is 2.31. The molecule has 0 bridgehead atoms. The minimum absolute atomic E-state index is 0.0118. The molecule has 10 heteroatoms. The molecule has 1 saturated carbocycles. The number of aromatic hydroxyl groups is 1. The maximum absolute atomic E-state index is 13.1. The van der Waals surface area contributed by atoms with E-state index in [4.69, 9.17) is 5.73 Å². The number of nitrogen functional groups attached to an aromatic ring is 1. The number of amides is 1. The minimum atomic E-state index is -0.729. The average molecular weight is 412 g/mol. The first-order valence-electron chi connectivity index (χ1n) is 9.70. The molecule has 0 aromatic carbocycles. The van der Waals surface area contributed by atoms with Crippen LogP contribution in [-0.4, -0.2) is 47.9 Å². The lowest BCUT2D eigenvalue weighted by Crippen LogP contribution is -2.35. The van der Waals surface area contributed by atoms with E-state index in [9.17, 15) is 19.8 Å². The predicted octanol–water partition coefficient (Wildman–Crippen LogP) is 0.756. The van der Waals surface area contributed by atoms with E-state index in [1.165, 1.54) is 4.57 Å². The Morgan fingerprint density at radius 1 is 1.40 bits per heavy atom. The van der Waals surface area contributed by atoms with Crippen molar-refractivity contribution in [1.29, 1.82) is 0 Å². The van der Waals surface area contributed by atoms with Crippen molar-refractivity contribution < 1.29 is 15.0 Å². The van der Waals surface area contributed by atoms with Crippen molar-refractivity contribution in [3.8, 4) is 17.1 Å². The van der Waals surface area contributed by atoms with Crippen LogP contribution in [0, 0.1) is 5.41 Å². The second-order valence-corrected chi connectivity index (χ2v) is 8.40. The molecule has 0 saturated heterocycles. The third-order valence-electron chi connectivity index (χ3n) is 5.12. The molecule has 3 aromatic heterocycles. The lowest BCUT2D eigenvalue weighted by atomic mass is 9.94. The van der Waals surface area contributed by atoms with Gasteiger partial charge in [0.25, 0.3) is 11.5 Å². The van der Waals surface area contributed by atoms with Crippen molar-refractivity contribution in [3.05, 3.63) is 40.3 Å². The van der Waals surface area contributed by atoms with Gasteiger partial charge in [-0.25, -0.2) is 4.98 Å². The highest BCUT2D eigenvalue weighted by atomic mass is 16.3. The van der Waals surface area contributed by atoms with Crippen molar-refractivity contribution in [2.24, 2.45) is 5.41 Å². The first kappa shape index (κ1) is 19.9. The van der Waals surface area contributed by atoms with Crippen LogP contribution in [0.25, 0.3) is 16.9 Å². The van der Waals surface area contributed by atoms with Crippen molar-refractivity contribution in [1.82, 2.24) is 24.5 Å². The molecule has 1 aliphatic carbocycles. The fraction of sp³-hybridized carbons (Fsp3) is 0.400. The third-order valence-corrected chi connectivity index (χ3v) is 5.12. The second-order valence-electron chi connectivity index (χ2n) is 8.40. The zero-order chi connectivity index (χ0) is 21.6. The maximum atomic E-state index is 13.1. The number of carbonyl (C=O) groups is 1. The Balaban J connectivity index is 1.96. The van der Waals surface area contributed by atoms with Crippen LogP contribution in [0.5, 0.6) is 5.88 Å². The molecular formula is C20H24N6O4. The topological polar surface area (TPSA) is 148 Å². The molecule has 0 atom stereocenters. The number of aromatic nitrogens is 4. The Labute approximate surface area is 172 Å². The van der Waals surface area contributed by atoms with E-state index in [1.807, 2.05) is 0 Å². The van der Waals surface area contributed by atoms with Crippen LogP contribution in [0.1, 0.15) is 37.0 Å². The Bertz CT molecular complexity index is 1190. The molecule has 0 spiro atoms. The van der Waals surface area contributed by atoms with Crippen LogP contribution < -0.4 is 16.6 Å². The van der Waals surface area contributed by atoms with Gasteiger partial charge in [-0.3, -0.25) is 14.2 Å². The summed E-state index contributed by atoms with van der Waals surface area (Å²) < 4.78 is 2.50. The summed E-state index contributed by atoms with van der Waals surface area (Å²) in [6.45, 7) is 3.60. The van der Waals surface area contributed by atoms with E-state index >= 15 is 0 Å². The third kappa shape index (κ3) is 3.50. The number of aliphatic hydroxyl groups is 1. The molecule has 30 heavy (non-hydrogen) atoms. The second kappa shape index (κ2) is 7.13. The lowest BCUT2D eigenvalue weighted by molar-refractivity contribution is 0.0942. The van der Waals surface area contributed by atoms with Gasteiger partial charge in [-0.1, -0.05) is 13.8 Å². The maximum Gasteiger partial charge on any atom is 0.291 e. The monoisotopic (exact) mass is 412 g/mol. The number of anilines is 1. The van der Waals surface area contributed by atoms with Crippen molar-refractivity contribution in [3.63, 3.8) is 0 Å². The summed E-state index contributed by atoms with van der Waals surface area (Å²) >= 11 is 0. The van der Waals surface area contributed by atoms with Gasteiger partial charge in [-0.2, -0.15) is 9.61 Å². The van der Waals surface area contributed by atoms with E-state index < -0.39 is 22.8 Å². The van der Waals surface area contributed by atoms with Gasteiger partial charge >= 0.3 is 0 Å². The van der Waals surface area contributed by atoms with Crippen LogP contribution in [0.3, 0.4) is 0 Å². The van der Waals surface area contributed by atoms with E-state index in [0.29, 0.717) is 11.3 Å². The average Bonchev–Trinajstić information content (AvgIpc) is 3.40. The Kier molecular flexibility index (Phi) is 4.73. The van der Waals surface area contributed by atoms with Crippen LogP contribution in [0.15, 0.2) is 29.2 Å². The van der Waals surface area contributed by atoms with E-state index in [1.54, 1.807) is 38.2 Å². The summed E-state index contributed by atoms with van der Waals surface area (Å²) in [7, 11) is 0. The highest BCUT2D eigenvalue weighted by Crippen LogP contribution is 2.29. The molecule has 3 heterocycles. The van der Waals surface area contributed by atoms with Crippen LogP contribution >= 0.6 is 0 Å². The molecule has 1 aliphatic rings. The summed E-state index contributed by atoms with van der Waals surface area (Å²) in [5, 5.41) is 27.7. The van der Waals surface area contributed by atoms with E-state index in [0.717, 1.165) is 17.4 Å². The number of nitrogens with zero attached hydrogens (tertiary/aromatic N) is 4. The number of hydrogen-bond acceptors (Lipinski definition) is 7. The number of hydrogen-bond donors (Lipinski definition) is 4. The van der Waals surface area contributed by atoms with Crippen LogP contribution in [0.4, 0.5) is 5.82 Å². The first-order valence-corrected chi connectivity index (χ1v) is 9.70. The van der Waals surface area contributed by atoms with Gasteiger partial charge in [0.05, 0.1) is 5.69 Å². The number of nitrogens with two attached hydrogens (primary N) is 1. The van der Waals surface area contributed by atoms with Crippen molar-refractivity contribution in [2.45, 2.75) is 39.3 Å². The minimum Gasteiger partial charge on any atom is -0.494 e. The Morgan fingerprint density at radius 2 is 2.13 bits per heavy atom. The van der Waals surface area contributed by atoms with Crippen LogP contribution in [-0.2, 0) is 6.54 Å². The summed E-state index contributed by atoms with van der Waals surface area (Å²) in [5.41, 5.74) is 5.40. The fourth-order valence-corrected chi connectivity index (χ4v) is 3.24. The Hall–Kier alpha value is -3.40. The number of carbonyl (C=O) groups excluding carboxylic acids is 1. The summed E-state index contributed by atoms with van der Waals surface area (Å²) in [4.78, 5) is 29.8. The quantitative estimate of drug-likeness (QED) is 0.467. The van der Waals surface area contributed by atoms with Gasteiger partial charge in [-0.05, 0) is 25.0 Å². The van der Waals surface area contributed by atoms with E-state index in [-0.39, 0.29) is 36.2 Å². The Morgan fingerprint density at radius 3 is 2.77 bits per heavy atom. The normalized spacial score (nSPS) is 14.2. The molecule has 10 nitrogen and oxygen atoms in total. The number of fused-ring (bicyclic) bond motifs is 1. The van der Waals surface area contributed by atoms with Crippen LogP contribution in [0.2, 0.25) is 0 Å². The van der Waals surface area contributed by atoms with Gasteiger partial charge in [0, 0.05) is 42.4 Å². The molecule has 5 N–H and O–H groups in total. The largest absolute Gasteiger partial charge is 0.494 e. The molecular weight excluding hydrogens is 388 g/mol. The van der Waals surface area contributed by atoms with Gasteiger partial charge in [0.1, 0.15) is 11.5 Å². The summed E-state index contributed by atoms with van der Waals surface area (Å²) in [5.74, 6) is -0.861. The highest BCUT2D eigenvalue weighted by molar-refractivity contribution is 5.96. The molecule has 158 valence electrons. The van der Waals surface area contributed by atoms with Gasteiger partial charge in [0.15, 0.2) is 5.56 Å². The SMILES string of the molecule is CC(C)(CO)Cn1c(O)c(C(=O)NC2CC2)c(=O)n2nc(-c3cccnc3N)cc12. The zero-order valence-corrected chi connectivity index (χ0v) is 16.8. The molecule has 1 amide bonds. The summed E-state index contributed by atoms with van der Waals surface area (Å²) in [6.07, 6.45) is 3.23. The zero-order valence-electron chi connectivity index (χ0n) is 16.8. The number of rotatable bonds is 6. The van der Waals surface area contributed by atoms with Gasteiger partial charge < -0.3 is 21.3 Å². The summed E-state index contributed by atoms with van der Waals surface area (Å²) in [6, 6.07) is 5.03. The van der Waals surface area contributed by atoms with Crippen molar-refractivity contribution >= 4 is 17.4 Å². The molecule has 0 aliphatic heterocycles. The molecule has 1 fully saturated rings.